The lowest BCUT2D eigenvalue weighted by Gasteiger charge is -2.12. The van der Waals surface area contributed by atoms with Crippen molar-refractivity contribution >= 4 is 23.6 Å². The first-order chi connectivity index (χ1) is 12.3. The Morgan fingerprint density at radius 3 is 2.72 bits per heavy atom. The van der Waals surface area contributed by atoms with Crippen LogP contribution in [0.2, 0.25) is 5.02 Å². The van der Waals surface area contributed by atoms with Crippen LogP contribution in [0.25, 0.3) is 6.08 Å². The van der Waals surface area contributed by atoms with Gasteiger partial charge < -0.3 is 10.6 Å². The number of hydrogen-bond donors (Lipinski definition) is 2. The zero-order valence-corrected chi connectivity index (χ0v) is 16.3. The van der Waals surface area contributed by atoms with Crippen LogP contribution in [-0.4, -0.2) is 25.5 Å². The van der Waals surface area contributed by atoms with Gasteiger partial charge >= 0.3 is 0 Å². The summed E-state index contributed by atoms with van der Waals surface area (Å²) in [5.74, 6) is 0.431. The summed E-state index contributed by atoms with van der Waals surface area (Å²) in [4.78, 5) is 12.0. The number of carbonyl (C=O) groups is 1. The van der Waals surface area contributed by atoms with E-state index in [0.29, 0.717) is 6.54 Å². The molecule has 0 atom stereocenters. The molecule has 0 bridgehead atoms. The van der Waals surface area contributed by atoms with Crippen molar-refractivity contribution < 1.29 is 4.79 Å². The molecule has 0 radical (unpaired) electrons. The van der Waals surface area contributed by atoms with Gasteiger partial charge in [0.2, 0.25) is 5.91 Å². The molecule has 1 heterocycles. The van der Waals surface area contributed by atoms with Crippen molar-refractivity contribution in [2.24, 2.45) is 5.92 Å². The highest BCUT2D eigenvalue weighted by atomic mass is 35.5. The Hall–Kier alpha value is -1.32. The van der Waals surface area contributed by atoms with Gasteiger partial charge in [-0.25, -0.2) is 0 Å². The van der Waals surface area contributed by atoms with Gasteiger partial charge in [-0.2, -0.15) is 0 Å². The van der Waals surface area contributed by atoms with E-state index in [1.807, 2.05) is 26.0 Å². The molecule has 1 aliphatic heterocycles. The second-order valence-corrected chi connectivity index (χ2v) is 6.88. The molecule has 25 heavy (non-hydrogen) atoms. The minimum Gasteiger partial charge on any atom is -0.352 e. The topological polar surface area (TPSA) is 41.1 Å². The molecule has 0 saturated heterocycles. The third-order valence-corrected chi connectivity index (χ3v) is 5.26. The van der Waals surface area contributed by atoms with Crippen LogP contribution in [0.1, 0.15) is 56.2 Å². The quantitative estimate of drug-likeness (QED) is 0.834. The zero-order valence-electron chi connectivity index (χ0n) is 15.5. The predicted molar refractivity (Wildman–Crippen MR) is 107 cm³/mol. The summed E-state index contributed by atoms with van der Waals surface area (Å²) in [7, 11) is 0. The Morgan fingerprint density at radius 1 is 1.24 bits per heavy atom. The number of fused-ring (bicyclic) bond motifs is 1. The van der Waals surface area contributed by atoms with Crippen LogP contribution in [0.3, 0.4) is 0 Å². The van der Waals surface area contributed by atoms with E-state index in [4.69, 9.17) is 11.6 Å². The molecule has 0 unspecified atom stereocenters. The highest BCUT2D eigenvalue weighted by Gasteiger charge is 2.21. The summed E-state index contributed by atoms with van der Waals surface area (Å²) in [5.41, 5.74) is 3.85. The summed E-state index contributed by atoms with van der Waals surface area (Å²) in [6.07, 6.45) is 10.6. The summed E-state index contributed by atoms with van der Waals surface area (Å²) in [6, 6.07) is 4.13. The van der Waals surface area contributed by atoms with Gasteiger partial charge in [-0.15, -0.1) is 0 Å². The van der Waals surface area contributed by atoms with Gasteiger partial charge in [0.05, 0.1) is 0 Å². The molecule has 138 valence electrons. The summed E-state index contributed by atoms with van der Waals surface area (Å²) in [6.45, 7) is 6.59. The number of benzene rings is 1. The van der Waals surface area contributed by atoms with Crippen molar-refractivity contribution in [2.45, 2.75) is 52.4 Å². The molecule has 0 aromatic heterocycles. The molecular weight excluding hydrogens is 332 g/mol. The van der Waals surface area contributed by atoms with E-state index in [-0.39, 0.29) is 11.8 Å². The van der Waals surface area contributed by atoms with E-state index in [0.717, 1.165) is 49.4 Å². The summed E-state index contributed by atoms with van der Waals surface area (Å²) < 4.78 is 0. The van der Waals surface area contributed by atoms with Crippen molar-refractivity contribution in [3.8, 4) is 0 Å². The first kappa shape index (κ1) is 20.0. The minimum atomic E-state index is 0.203. The van der Waals surface area contributed by atoms with E-state index in [1.165, 1.54) is 24.0 Å². The van der Waals surface area contributed by atoms with Gasteiger partial charge in [0.15, 0.2) is 0 Å². The SMILES string of the molecule is CC.O=C(NC/C=C\c1c(Cl)ccc2c1CCNCC2)C1CCCC1. The van der Waals surface area contributed by atoms with Crippen molar-refractivity contribution in [1.82, 2.24) is 10.6 Å². The Labute approximate surface area is 157 Å². The van der Waals surface area contributed by atoms with Crippen LogP contribution in [0, 0.1) is 5.92 Å². The lowest BCUT2D eigenvalue weighted by atomic mass is 9.96. The van der Waals surface area contributed by atoms with E-state index < -0.39 is 0 Å². The van der Waals surface area contributed by atoms with Crippen LogP contribution in [0.5, 0.6) is 0 Å². The molecule has 1 aromatic rings. The maximum Gasteiger partial charge on any atom is 0.223 e. The van der Waals surface area contributed by atoms with E-state index in [1.54, 1.807) is 0 Å². The highest BCUT2D eigenvalue weighted by molar-refractivity contribution is 6.32. The average Bonchev–Trinajstić information content (AvgIpc) is 3.07. The fraction of sp³-hybridized carbons (Fsp3) is 0.571. The number of rotatable bonds is 4. The van der Waals surface area contributed by atoms with Crippen LogP contribution < -0.4 is 10.6 Å². The molecule has 4 heteroatoms. The maximum atomic E-state index is 12.0. The molecule has 1 fully saturated rings. The van der Waals surface area contributed by atoms with Crippen LogP contribution in [0.15, 0.2) is 18.2 Å². The number of nitrogens with one attached hydrogen (secondary N) is 2. The molecule has 2 aliphatic rings. The normalized spacial score (nSPS) is 17.6. The lowest BCUT2D eigenvalue weighted by Crippen LogP contribution is -2.29. The van der Waals surface area contributed by atoms with Gasteiger partial charge in [-0.05, 0) is 61.5 Å². The average molecular weight is 363 g/mol. The molecule has 0 spiro atoms. The Balaban J connectivity index is 0.00000109. The molecule has 1 aromatic carbocycles. The third kappa shape index (κ3) is 5.58. The number of hydrogen-bond acceptors (Lipinski definition) is 2. The van der Waals surface area contributed by atoms with Gasteiger partial charge in [0.25, 0.3) is 0 Å². The molecule has 3 rings (SSSR count). The number of carbonyl (C=O) groups excluding carboxylic acids is 1. The Morgan fingerprint density at radius 2 is 1.96 bits per heavy atom. The van der Waals surface area contributed by atoms with Gasteiger partial charge in [0, 0.05) is 17.5 Å². The van der Waals surface area contributed by atoms with Gasteiger partial charge in [-0.1, -0.05) is 56.5 Å². The number of amides is 1. The van der Waals surface area contributed by atoms with Crippen molar-refractivity contribution in [2.75, 3.05) is 19.6 Å². The summed E-state index contributed by atoms with van der Waals surface area (Å²) >= 11 is 6.40. The second-order valence-electron chi connectivity index (χ2n) is 6.48. The van der Waals surface area contributed by atoms with Crippen LogP contribution in [0.4, 0.5) is 0 Å². The Bertz CT molecular complexity index is 592. The van der Waals surface area contributed by atoms with Crippen molar-refractivity contribution in [3.63, 3.8) is 0 Å². The molecule has 1 saturated carbocycles. The van der Waals surface area contributed by atoms with Crippen molar-refractivity contribution in [3.05, 3.63) is 39.9 Å². The molecule has 3 nitrogen and oxygen atoms in total. The standard InChI is InChI=1S/C19H25ClN2O.C2H6/c20-18-8-7-14-9-12-21-13-10-16(14)17(18)6-3-11-22-19(23)15-4-1-2-5-15;1-2/h3,6-8,15,21H,1-2,4-5,9-13H2,(H,22,23);1-2H3/b6-3-;. The zero-order chi connectivity index (χ0) is 18.1. The Kier molecular flexibility index (Phi) is 8.50. The summed E-state index contributed by atoms with van der Waals surface area (Å²) in [5, 5.41) is 7.25. The first-order valence-corrected chi connectivity index (χ1v) is 10.1. The largest absolute Gasteiger partial charge is 0.352 e. The van der Waals surface area contributed by atoms with Gasteiger partial charge in [0.1, 0.15) is 0 Å². The maximum absolute atomic E-state index is 12.0. The predicted octanol–water partition coefficient (Wildman–Crippen LogP) is 4.37. The van der Waals surface area contributed by atoms with Crippen LogP contribution >= 0.6 is 11.6 Å². The van der Waals surface area contributed by atoms with Crippen LogP contribution in [-0.2, 0) is 17.6 Å². The fourth-order valence-electron chi connectivity index (χ4n) is 3.62. The molecule has 1 amide bonds. The molecule has 1 aliphatic carbocycles. The lowest BCUT2D eigenvalue weighted by molar-refractivity contribution is -0.124. The van der Waals surface area contributed by atoms with E-state index >= 15 is 0 Å². The van der Waals surface area contributed by atoms with E-state index in [2.05, 4.69) is 22.8 Å². The molecular formula is C21H31ClN2O. The van der Waals surface area contributed by atoms with E-state index in [9.17, 15) is 4.79 Å². The molecule has 2 N–H and O–H groups in total. The fourth-order valence-corrected chi connectivity index (χ4v) is 3.86. The minimum absolute atomic E-state index is 0.203. The number of halogens is 1. The highest BCUT2D eigenvalue weighted by Crippen LogP contribution is 2.27. The first-order valence-electron chi connectivity index (χ1n) is 9.71. The van der Waals surface area contributed by atoms with Crippen molar-refractivity contribution in [1.29, 1.82) is 0 Å². The third-order valence-electron chi connectivity index (χ3n) is 4.93. The monoisotopic (exact) mass is 362 g/mol. The second kappa shape index (κ2) is 10.6. The van der Waals surface area contributed by atoms with Gasteiger partial charge in [-0.3, -0.25) is 4.79 Å². The smallest absolute Gasteiger partial charge is 0.223 e.